The zero-order valence-electron chi connectivity index (χ0n) is 12.2. The lowest BCUT2D eigenvalue weighted by molar-refractivity contribution is -0.128. The summed E-state index contributed by atoms with van der Waals surface area (Å²) in [6, 6.07) is 5.89. The summed E-state index contributed by atoms with van der Waals surface area (Å²) in [6.45, 7) is 3.82. The first-order valence-electron chi connectivity index (χ1n) is 6.88. The van der Waals surface area contributed by atoms with Crippen LogP contribution in [0.25, 0.3) is 0 Å². The number of rotatable bonds is 3. The molecule has 1 amide bonds. The molecule has 3 rings (SSSR count). The monoisotopic (exact) mass is 323 g/mol. The number of hydrogen-bond donors (Lipinski definition) is 0. The van der Waals surface area contributed by atoms with E-state index in [0.717, 1.165) is 17.4 Å². The summed E-state index contributed by atoms with van der Waals surface area (Å²) in [4.78, 5) is 13.6. The molecule has 1 aliphatic rings. The fourth-order valence-electron chi connectivity index (χ4n) is 2.44. The Kier molecular flexibility index (Phi) is 3.95. The molecule has 1 atom stereocenters. The van der Waals surface area contributed by atoms with E-state index in [-0.39, 0.29) is 23.4 Å². The lowest BCUT2D eigenvalue weighted by atomic mass is 10.2. The lowest BCUT2D eigenvalue weighted by Crippen LogP contribution is -2.28. The van der Waals surface area contributed by atoms with E-state index in [1.807, 2.05) is 19.9 Å². The number of carbonyl (C=O) groups is 1. The van der Waals surface area contributed by atoms with E-state index in [9.17, 15) is 13.6 Å². The molecule has 1 fully saturated rings. The SMILES string of the molecule is Cc1cc(C2SCC(=O)N2Cc2cccc(F)c2F)oc1C. The number of halogens is 2. The zero-order valence-corrected chi connectivity index (χ0v) is 13.0. The van der Waals surface area contributed by atoms with Crippen molar-refractivity contribution in [1.29, 1.82) is 0 Å². The molecule has 0 radical (unpaired) electrons. The standard InChI is InChI=1S/C16H15F2NO2S/c1-9-6-13(21-10(9)2)16-19(14(20)8-22-16)7-11-4-3-5-12(17)15(11)18/h3-6,16H,7-8H2,1-2H3. The summed E-state index contributed by atoms with van der Waals surface area (Å²) in [5.41, 5.74) is 1.17. The van der Waals surface area contributed by atoms with Crippen LogP contribution in [-0.4, -0.2) is 16.6 Å². The fraction of sp³-hybridized carbons (Fsp3) is 0.312. The van der Waals surface area contributed by atoms with Gasteiger partial charge in [0.25, 0.3) is 0 Å². The predicted molar refractivity (Wildman–Crippen MR) is 80.3 cm³/mol. The molecule has 1 aromatic carbocycles. The van der Waals surface area contributed by atoms with Crippen molar-refractivity contribution in [3.05, 3.63) is 58.5 Å². The molecule has 0 bridgehead atoms. The van der Waals surface area contributed by atoms with Crippen LogP contribution in [0.15, 0.2) is 28.7 Å². The van der Waals surface area contributed by atoms with Gasteiger partial charge >= 0.3 is 0 Å². The maximum atomic E-state index is 13.8. The van der Waals surface area contributed by atoms with E-state index in [1.165, 1.54) is 28.8 Å². The predicted octanol–water partition coefficient (Wildman–Crippen LogP) is 3.95. The molecule has 1 aromatic heterocycles. The van der Waals surface area contributed by atoms with Crippen LogP contribution >= 0.6 is 11.8 Å². The van der Waals surface area contributed by atoms with E-state index in [1.54, 1.807) is 0 Å². The number of thioether (sulfide) groups is 1. The molecule has 0 saturated carbocycles. The van der Waals surface area contributed by atoms with E-state index in [4.69, 9.17) is 4.42 Å². The lowest BCUT2D eigenvalue weighted by Gasteiger charge is -2.22. The number of carbonyl (C=O) groups excluding carboxylic acids is 1. The second kappa shape index (κ2) is 5.76. The van der Waals surface area contributed by atoms with Gasteiger partial charge in [-0.25, -0.2) is 8.78 Å². The Hall–Kier alpha value is -1.82. The van der Waals surface area contributed by atoms with Crippen molar-refractivity contribution in [3.8, 4) is 0 Å². The van der Waals surface area contributed by atoms with Crippen molar-refractivity contribution in [1.82, 2.24) is 4.90 Å². The highest BCUT2D eigenvalue weighted by molar-refractivity contribution is 8.00. The minimum Gasteiger partial charge on any atom is -0.463 e. The molecule has 2 aromatic rings. The van der Waals surface area contributed by atoms with Crippen LogP contribution < -0.4 is 0 Å². The Bertz CT molecular complexity index is 709. The third kappa shape index (κ3) is 2.63. The van der Waals surface area contributed by atoms with E-state index in [0.29, 0.717) is 11.5 Å². The van der Waals surface area contributed by atoms with Crippen molar-refractivity contribution in [2.24, 2.45) is 0 Å². The molecule has 6 heteroatoms. The van der Waals surface area contributed by atoms with Gasteiger partial charge in [-0.05, 0) is 31.5 Å². The molecule has 1 aliphatic heterocycles. The Balaban J connectivity index is 1.89. The minimum absolute atomic E-state index is 0.0267. The first kappa shape index (κ1) is 15.1. The van der Waals surface area contributed by atoms with Gasteiger partial charge in [-0.2, -0.15) is 0 Å². The highest BCUT2D eigenvalue weighted by atomic mass is 32.2. The first-order chi connectivity index (χ1) is 10.5. The first-order valence-corrected chi connectivity index (χ1v) is 7.93. The maximum absolute atomic E-state index is 13.8. The van der Waals surface area contributed by atoms with Gasteiger partial charge in [0.15, 0.2) is 11.6 Å². The van der Waals surface area contributed by atoms with Gasteiger partial charge in [0, 0.05) is 5.56 Å². The van der Waals surface area contributed by atoms with Crippen LogP contribution in [0.1, 0.15) is 28.0 Å². The average molecular weight is 323 g/mol. The molecular formula is C16H15F2NO2S. The quantitative estimate of drug-likeness (QED) is 0.857. The van der Waals surface area contributed by atoms with Crippen LogP contribution in [0, 0.1) is 25.5 Å². The third-order valence-corrected chi connectivity index (χ3v) is 4.98. The molecular weight excluding hydrogens is 308 g/mol. The van der Waals surface area contributed by atoms with Crippen LogP contribution in [0.3, 0.4) is 0 Å². The van der Waals surface area contributed by atoms with Gasteiger partial charge in [0.2, 0.25) is 5.91 Å². The van der Waals surface area contributed by atoms with Gasteiger partial charge in [-0.1, -0.05) is 12.1 Å². The normalized spacial score (nSPS) is 18.3. The Morgan fingerprint density at radius 1 is 1.36 bits per heavy atom. The minimum atomic E-state index is -0.905. The van der Waals surface area contributed by atoms with E-state index in [2.05, 4.69) is 0 Å². The molecule has 0 spiro atoms. The topological polar surface area (TPSA) is 33.5 Å². The van der Waals surface area contributed by atoms with E-state index >= 15 is 0 Å². The Morgan fingerprint density at radius 2 is 2.14 bits per heavy atom. The average Bonchev–Trinajstić information content (AvgIpc) is 2.99. The molecule has 0 aliphatic carbocycles. The second-order valence-electron chi connectivity index (χ2n) is 5.29. The van der Waals surface area contributed by atoms with Crippen LogP contribution in [0.4, 0.5) is 8.78 Å². The summed E-state index contributed by atoms with van der Waals surface area (Å²) in [5, 5.41) is -0.303. The van der Waals surface area contributed by atoms with Crippen molar-refractivity contribution in [2.45, 2.75) is 25.8 Å². The molecule has 116 valence electrons. The number of furan rings is 1. The summed E-state index contributed by atoms with van der Waals surface area (Å²) >= 11 is 1.43. The van der Waals surface area contributed by atoms with E-state index < -0.39 is 11.6 Å². The summed E-state index contributed by atoms with van der Waals surface area (Å²) in [7, 11) is 0. The smallest absolute Gasteiger partial charge is 0.234 e. The highest BCUT2D eigenvalue weighted by Gasteiger charge is 2.35. The number of benzene rings is 1. The van der Waals surface area contributed by atoms with Crippen LogP contribution in [0.5, 0.6) is 0 Å². The van der Waals surface area contributed by atoms with Crippen LogP contribution in [0.2, 0.25) is 0 Å². The van der Waals surface area contributed by atoms with Gasteiger partial charge < -0.3 is 9.32 Å². The largest absolute Gasteiger partial charge is 0.463 e. The molecule has 22 heavy (non-hydrogen) atoms. The summed E-state index contributed by atoms with van der Waals surface area (Å²) < 4.78 is 32.8. The molecule has 1 unspecified atom stereocenters. The Morgan fingerprint density at radius 3 is 2.82 bits per heavy atom. The van der Waals surface area contributed by atoms with Gasteiger partial charge in [-0.3, -0.25) is 4.79 Å². The maximum Gasteiger partial charge on any atom is 0.234 e. The van der Waals surface area contributed by atoms with Gasteiger partial charge in [-0.15, -0.1) is 11.8 Å². The molecule has 0 N–H and O–H groups in total. The van der Waals surface area contributed by atoms with Crippen LogP contribution in [-0.2, 0) is 11.3 Å². The number of aryl methyl sites for hydroxylation is 2. The number of hydrogen-bond acceptors (Lipinski definition) is 3. The number of amides is 1. The van der Waals surface area contributed by atoms with Crippen molar-refractivity contribution >= 4 is 17.7 Å². The van der Waals surface area contributed by atoms with Gasteiger partial charge in [0.05, 0.1) is 12.3 Å². The number of nitrogens with zero attached hydrogens (tertiary/aromatic N) is 1. The van der Waals surface area contributed by atoms with Gasteiger partial charge in [0.1, 0.15) is 16.9 Å². The zero-order chi connectivity index (χ0) is 15.9. The molecule has 3 nitrogen and oxygen atoms in total. The second-order valence-corrected chi connectivity index (χ2v) is 6.35. The molecule has 2 heterocycles. The highest BCUT2D eigenvalue weighted by Crippen LogP contribution is 2.41. The van der Waals surface area contributed by atoms with Crippen molar-refractivity contribution in [2.75, 3.05) is 5.75 Å². The van der Waals surface area contributed by atoms with Crippen molar-refractivity contribution < 1.29 is 18.0 Å². The fourth-order valence-corrected chi connectivity index (χ4v) is 3.56. The van der Waals surface area contributed by atoms with Crippen molar-refractivity contribution in [3.63, 3.8) is 0 Å². The Labute approximate surface area is 131 Å². The summed E-state index contributed by atoms with van der Waals surface area (Å²) in [6.07, 6.45) is 0. The molecule has 1 saturated heterocycles. The third-order valence-electron chi connectivity index (χ3n) is 3.77. The summed E-state index contributed by atoms with van der Waals surface area (Å²) in [5.74, 6) is -0.143.